The maximum Gasteiger partial charge on any atom is 0.339 e. The molecular formula is C23H17NO4S3. The van der Waals surface area contributed by atoms with Crippen LogP contribution in [-0.4, -0.2) is 18.6 Å². The van der Waals surface area contributed by atoms with Crippen molar-refractivity contribution >= 4 is 56.1 Å². The van der Waals surface area contributed by atoms with E-state index in [2.05, 4.69) is 0 Å². The van der Waals surface area contributed by atoms with Crippen LogP contribution in [0.3, 0.4) is 0 Å². The predicted octanol–water partition coefficient (Wildman–Crippen LogP) is 5.17. The minimum atomic E-state index is -3.92. The molecule has 31 heavy (non-hydrogen) atoms. The number of thioether (sulfide) groups is 1. The Morgan fingerprint density at radius 2 is 1.58 bits per heavy atom. The standard InChI is InChI=1S/C23H17NO4S3/c1-16-7-13-20(14-8-16)31(26,27)28-19-11-9-17(10-12-19)15-21-22(25)24(23(29)30-21)18-5-3-2-4-6-18/h2-15H,1H3/b21-15+. The molecule has 5 nitrogen and oxygen atoms in total. The summed E-state index contributed by atoms with van der Waals surface area (Å²) >= 11 is 6.59. The highest BCUT2D eigenvalue weighted by Gasteiger charge is 2.33. The van der Waals surface area contributed by atoms with Crippen molar-refractivity contribution in [2.45, 2.75) is 11.8 Å². The second kappa shape index (κ2) is 8.66. The number of anilines is 1. The summed E-state index contributed by atoms with van der Waals surface area (Å²) in [5, 5.41) is 0. The SMILES string of the molecule is Cc1ccc(S(=O)(=O)Oc2ccc(/C=C3/SC(=S)N(c4ccccc4)C3=O)cc2)cc1. The molecule has 0 N–H and O–H groups in total. The normalized spacial score (nSPS) is 15.5. The lowest BCUT2D eigenvalue weighted by Crippen LogP contribution is -2.27. The van der Waals surface area contributed by atoms with Crippen LogP contribution in [0, 0.1) is 6.92 Å². The summed E-state index contributed by atoms with van der Waals surface area (Å²) in [5.74, 6) is -0.00182. The van der Waals surface area contributed by atoms with Crippen molar-refractivity contribution in [3.8, 4) is 5.75 Å². The molecule has 0 spiro atoms. The van der Waals surface area contributed by atoms with Gasteiger partial charge in [-0.2, -0.15) is 8.42 Å². The van der Waals surface area contributed by atoms with Crippen LogP contribution >= 0.6 is 24.0 Å². The molecule has 0 aliphatic carbocycles. The van der Waals surface area contributed by atoms with E-state index < -0.39 is 10.1 Å². The van der Waals surface area contributed by atoms with Gasteiger partial charge < -0.3 is 4.18 Å². The van der Waals surface area contributed by atoms with E-state index in [0.29, 0.717) is 9.23 Å². The van der Waals surface area contributed by atoms with Crippen LogP contribution in [0.2, 0.25) is 0 Å². The summed E-state index contributed by atoms with van der Waals surface area (Å²) in [6, 6.07) is 22.1. The fourth-order valence-electron chi connectivity index (χ4n) is 2.92. The quantitative estimate of drug-likeness (QED) is 0.293. The molecule has 8 heteroatoms. The van der Waals surface area contributed by atoms with Gasteiger partial charge in [-0.15, -0.1) is 0 Å². The molecule has 156 valence electrons. The van der Waals surface area contributed by atoms with Crippen molar-refractivity contribution in [2.24, 2.45) is 0 Å². The van der Waals surface area contributed by atoms with Gasteiger partial charge in [0.15, 0.2) is 4.32 Å². The van der Waals surface area contributed by atoms with Gasteiger partial charge in [0.25, 0.3) is 5.91 Å². The van der Waals surface area contributed by atoms with Crippen LogP contribution in [0.1, 0.15) is 11.1 Å². The lowest BCUT2D eigenvalue weighted by molar-refractivity contribution is -0.113. The second-order valence-electron chi connectivity index (χ2n) is 6.77. The number of thiocarbonyl (C=S) groups is 1. The third kappa shape index (κ3) is 4.71. The van der Waals surface area contributed by atoms with Crippen molar-refractivity contribution in [1.82, 2.24) is 0 Å². The van der Waals surface area contributed by atoms with Crippen molar-refractivity contribution in [3.05, 3.63) is 94.9 Å². The summed E-state index contributed by atoms with van der Waals surface area (Å²) in [5.41, 5.74) is 2.41. The van der Waals surface area contributed by atoms with Gasteiger partial charge in [-0.25, -0.2) is 0 Å². The fourth-order valence-corrected chi connectivity index (χ4v) is 5.15. The smallest absolute Gasteiger partial charge is 0.339 e. The summed E-state index contributed by atoms with van der Waals surface area (Å²) in [7, 11) is -3.92. The zero-order valence-corrected chi connectivity index (χ0v) is 18.8. The molecule has 0 radical (unpaired) electrons. The molecule has 0 atom stereocenters. The number of hydrogen-bond acceptors (Lipinski definition) is 6. The van der Waals surface area contributed by atoms with Crippen molar-refractivity contribution in [2.75, 3.05) is 4.90 Å². The molecule has 1 aliphatic heterocycles. The lowest BCUT2D eigenvalue weighted by atomic mass is 10.2. The highest BCUT2D eigenvalue weighted by Crippen LogP contribution is 2.36. The van der Waals surface area contributed by atoms with Crippen molar-refractivity contribution < 1.29 is 17.4 Å². The Kier molecular flexibility index (Phi) is 5.95. The van der Waals surface area contributed by atoms with Gasteiger partial charge in [0.05, 0.1) is 10.6 Å². The molecule has 1 fully saturated rings. The van der Waals surface area contributed by atoms with Crippen LogP contribution in [-0.2, 0) is 14.9 Å². The maximum absolute atomic E-state index is 12.8. The first-order chi connectivity index (χ1) is 14.8. The summed E-state index contributed by atoms with van der Waals surface area (Å²) < 4.78 is 30.5. The number of carbonyl (C=O) groups is 1. The Balaban J connectivity index is 1.51. The van der Waals surface area contributed by atoms with E-state index in [1.54, 1.807) is 42.5 Å². The molecule has 0 unspecified atom stereocenters. The monoisotopic (exact) mass is 467 g/mol. The third-order valence-electron chi connectivity index (χ3n) is 4.50. The molecule has 1 saturated heterocycles. The Hall–Kier alpha value is -2.94. The van der Waals surface area contributed by atoms with Gasteiger partial charge in [-0.1, -0.05) is 72.0 Å². The van der Waals surface area contributed by atoms with Crippen LogP contribution in [0.5, 0.6) is 5.75 Å². The second-order valence-corrected chi connectivity index (χ2v) is 9.99. The van der Waals surface area contributed by atoms with Gasteiger partial charge in [0.2, 0.25) is 0 Å². The molecule has 1 aliphatic rings. The molecular weight excluding hydrogens is 450 g/mol. The Morgan fingerprint density at radius 3 is 2.23 bits per heavy atom. The first-order valence-electron chi connectivity index (χ1n) is 9.28. The number of benzene rings is 3. The van der Waals surface area contributed by atoms with Crippen LogP contribution in [0.4, 0.5) is 5.69 Å². The topological polar surface area (TPSA) is 63.7 Å². The minimum Gasteiger partial charge on any atom is -0.379 e. The lowest BCUT2D eigenvalue weighted by Gasteiger charge is -2.13. The molecule has 1 heterocycles. The van der Waals surface area contributed by atoms with E-state index in [-0.39, 0.29) is 16.6 Å². The average Bonchev–Trinajstić information content (AvgIpc) is 3.03. The first kappa shape index (κ1) is 21.3. The van der Waals surface area contributed by atoms with Gasteiger partial charge in [-0.05, 0) is 55.0 Å². The number of rotatable bonds is 5. The van der Waals surface area contributed by atoms with Crippen LogP contribution in [0.25, 0.3) is 6.08 Å². The summed E-state index contributed by atoms with van der Waals surface area (Å²) in [6.45, 7) is 1.88. The minimum absolute atomic E-state index is 0.0896. The van der Waals surface area contributed by atoms with E-state index in [1.807, 2.05) is 37.3 Å². The zero-order chi connectivity index (χ0) is 22.0. The number of para-hydroxylation sites is 1. The number of aryl methyl sites for hydroxylation is 1. The van der Waals surface area contributed by atoms with Crippen molar-refractivity contribution in [3.63, 3.8) is 0 Å². The highest BCUT2D eigenvalue weighted by atomic mass is 32.2. The number of amides is 1. The Morgan fingerprint density at radius 1 is 0.935 bits per heavy atom. The maximum atomic E-state index is 12.8. The molecule has 3 aromatic carbocycles. The summed E-state index contributed by atoms with van der Waals surface area (Å²) in [6.07, 6.45) is 1.72. The summed E-state index contributed by atoms with van der Waals surface area (Å²) in [4.78, 5) is 14.9. The molecule has 1 amide bonds. The average molecular weight is 468 g/mol. The number of hydrogen-bond donors (Lipinski definition) is 0. The van der Waals surface area contributed by atoms with Gasteiger partial charge >= 0.3 is 10.1 Å². The zero-order valence-electron chi connectivity index (χ0n) is 16.4. The van der Waals surface area contributed by atoms with E-state index in [1.165, 1.54) is 28.8 Å². The van der Waals surface area contributed by atoms with E-state index in [4.69, 9.17) is 16.4 Å². The fraction of sp³-hybridized carbons (Fsp3) is 0.0435. The molecule has 0 saturated carbocycles. The molecule has 4 rings (SSSR count). The van der Waals surface area contributed by atoms with E-state index in [0.717, 1.165) is 16.8 Å². The molecule has 0 bridgehead atoms. The highest BCUT2D eigenvalue weighted by molar-refractivity contribution is 8.27. The Labute approximate surface area is 190 Å². The van der Waals surface area contributed by atoms with Gasteiger partial charge in [0.1, 0.15) is 10.6 Å². The third-order valence-corrected chi connectivity index (χ3v) is 7.07. The largest absolute Gasteiger partial charge is 0.379 e. The van der Waals surface area contributed by atoms with Crippen LogP contribution < -0.4 is 9.08 Å². The van der Waals surface area contributed by atoms with E-state index in [9.17, 15) is 13.2 Å². The Bertz CT molecular complexity index is 1270. The van der Waals surface area contributed by atoms with Crippen LogP contribution in [0.15, 0.2) is 88.7 Å². The van der Waals surface area contributed by atoms with Gasteiger partial charge in [0, 0.05) is 0 Å². The molecule has 0 aromatic heterocycles. The van der Waals surface area contributed by atoms with E-state index >= 15 is 0 Å². The number of carbonyl (C=O) groups excluding carboxylic acids is 1. The predicted molar refractivity (Wildman–Crippen MR) is 128 cm³/mol. The molecule has 3 aromatic rings. The van der Waals surface area contributed by atoms with Crippen molar-refractivity contribution in [1.29, 1.82) is 0 Å². The number of nitrogens with zero attached hydrogens (tertiary/aromatic N) is 1. The first-order valence-corrected chi connectivity index (χ1v) is 11.9. The van der Waals surface area contributed by atoms with Gasteiger partial charge in [-0.3, -0.25) is 9.69 Å².